The van der Waals surface area contributed by atoms with E-state index in [4.69, 9.17) is 38.4 Å². The van der Waals surface area contributed by atoms with Gasteiger partial charge in [0.05, 0.1) is 32.5 Å². The predicted molar refractivity (Wildman–Crippen MR) is 129 cm³/mol. The number of nitrogens with two attached hydrogens (primary N) is 1. The topological polar surface area (TPSA) is 73.6 Å². The Labute approximate surface area is 199 Å². The van der Waals surface area contributed by atoms with Crippen LogP contribution in [0.1, 0.15) is 27.0 Å². The molecule has 0 amide bonds. The molecule has 6 rings (SSSR count). The molecule has 0 aliphatic carbocycles. The molecule has 0 saturated carbocycles. The Bertz CT molecular complexity index is 1470. The normalized spacial score (nSPS) is 17.6. The highest BCUT2D eigenvalue weighted by molar-refractivity contribution is 6.35. The van der Waals surface area contributed by atoms with Crippen LogP contribution >= 0.6 is 23.2 Å². The molecular weight excluding hydrogens is 459 g/mol. The van der Waals surface area contributed by atoms with Crippen LogP contribution in [0.2, 0.25) is 10.0 Å². The molecule has 0 aromatic heterocycles. The standard InChI is InChI=1S/C26H16Cl2N2O3/c27-17-8-3-4-10-20(17)30-21-12-16-23(13-18(21)28)32-22-11-5-9-19(29)24(22)26(16)15-7-2-1-6-14(15)25(31)33-26/h1-13,30H,29H2. The summed E-state index contributed by atoms with van der Waals surface area (Å²) in [6.45, 7) is 0. The fourth-order valence-corrected chi connectivity index (χ4v) is 4.97. The van der Waals surface area contributed by atoms with E-state index in [-0.39, 0.29) is 0 Å². The van der Waals surface area contributed by atoms with Gasteiger partial charge in [-0.2, -0.15) is 0 Å². The number of carbonyl (C=O) groups excluding carboxylic acids is 1. The molecule has 2 aliphatic rings. The maximum atomic E-state index is 13.0. The molecule has 1 unspecified atom stereocenters. The van der Waals surface area contributed by atoms with Crippen molar-refractivity contribution < 1.29 is 14.3 Å². The van der Waals surface area contributed by atoms with Crippen molar-refractivity contribution in [3.8, 4) is 11.5 Å². The number of ether oxygens (including phenoxy) is 2. The maximum Gasteiger partial charge on any atom is 0.340 e. The third kappa shape index (κ3) is 2.83. The number of esters is 1. The summed E-state index contributed by atoms with van der Waals surface area (Å²) in [5.41, 5.74) is 9.28. The van der Waals surface area contributed by atoms with Gasteiger partial charge >= 0.3 is 5.97 Å². The Morgan fingerprint density at radius 2 is 1.58 bits per heavy atom. The third-order valence-corrected chi connectivity index (χ3v) is 6.64. The van der Waals surface area contributed by atoms with E-state index in [1.54, 1.807) is 42.5 Å². The molecule has 4 aromatic rings. The first kappa shape index (κ1) is 20.0. The monoisotopic (exact) mass is 474 g/mol. The van der Waals surface area contributed by atoms with Crippen LogP contribution in [-0.4, -0.2) is 5.97 Å². The number of benzene rings is 4. The molecule has 0 radical (unpaired) electrons. The number of rotatable bonds is 2. The minimum Gasteiger partial charge on any atom is -0.456 e. The fourth-order valence-electron chi connectivity index (χ4n) is 4.58. The Kier molecular flexibility index (Phi) is 4.34. The van der Waals surface area contributed by atoms with Crippen LogP contribution < -0.4 is 15.8 Å². The second kappa shape index (κ2) is 7.17. The summed E-state index contributed by atoms with van der Waals surface area (Å²) < 4.78 is 12.4. The number of hydrogen-bond acceptors (Lipinski definition) is 5. The summed E-state index contributed by atoms with van der Waals surface area (Å²) in [5.74, 6) is 0.561. The number of carbonyl (C=O) groups is 1. The first-order valence-corrected chi connectivity index (χ1v) is 11.0. The lowest BCUT2D eigenvalue weighted by Gasteiger charge is -2.37. The average molecular weight is 475 g/mol. The van der Waals surface area contributed by atoms with Gasteiger partial charge in [0.1, 0.15) is 11.5 Å². The lowest BCUT2D eigenvalue weighted by molar-refractivity contribution is 0.0227. The number of halogens is 2. The van der Waals surface area contributed by atoms with Crippen LogP contribution in [0, 0.1) is 0 Å². The summed E-state index contributed by atoms with van der Waals surface area (Å²) in [6.07, 6.45) is 0. The lowest BCUT2D eigenvalue weighted by atomic mass is 9.77. The van der Waals surface area contributed by atoms with Crippen molar-refractivity contribution in [3.63, 3.8) is 0 Å². The van der Waals surface area contributed by atoms with Gasteiger partial charge < -0.3 is 20.5 Å². The first-order valence-electron chi connectivity index (χ1n) is 10.2. The number of anilines is 3. The highest BCUT2D eigenvalue weighted by Crippen LogP contribution is 2.58. The SMILES string of the molecule is Nc1cccc2c1C1(OC(=O)c3ccccc31)c1cc(Nc3ccccc3Cl)c(Cl)cc1O2. The quantitative estimate of drug-likeness (QED) is 0.244. The van der Waals surface area contributed by atoms with Crippen molar-refractivity contribution in [1.82, 2.24) is 0 Å². The van der Waals surface area contributed by atoms with Gasteiger partial charge in [0.2, 0.25) is 0 Å². The molecule has 1 atom stereocenters. The molecule has 7 heteroatoms. The van der Waals surface area contributed by atoms with Gasteiger partial charge in [-0.1, -0.05) is 59.6 Å². The average Bonchev–Trinajstić information content (AvgIpc) is 3.09. The smallest absolute Gasteiger partial charge is 0.340 e. The molecule has 1 spiro atoms. The van der Waals surface area contributed by atoms with Crippen LogP contribution in [0.15, 0.2) is 78.9 Å². The Morgan fingerprint density at radius 3 is 2.42 bits per heavy atom. The zero-order valence-corrected chi connectivity index (χ0v) is 18.6. The van der Waals surface area contributed by atoms with Crippen LogP contribution in [0.4, 0.5) is 17.1 Å². The molecule has 4 aromatic carbocycles. The van der Waals surface area contributed by atoms with Crippen molar-refractivity contribution in [2.24, 2.45) is 0 Å². The van der Waals surface area contributed by atoms with Gasteiger partial charge in [0.25, 0.3) is 0 Å². The summed E-state index contributed by atoms with van der Waals surface area (Å²) in [6, 6.07) is 23.6. The van der Waals surface area contributed by atoms with Crippen LogP contribution in [0.5, 0.6) is 11.5 Å². The van der Waals surface area contributed by atoms with Crippen molar-refractivity contribution >= 4 is 46.2 Å². The number of nitrogens with one attached hydrogen (secondary N) is 1. The van der Waals surface area contributed by atoms with E-state index >= 15 is 0 Å². The van der Waals surface area contributed by atoms with Gasteiger partial charge in [0.15, 0.2) is 5.60 Å². The van der Waals surface area contributed by atoms with Crippen LogP contribution in [0.3, 0.4) is 0 Å². The number of nitrogen functional groups attached to an aromatic ring is 1. The van der Waals surface area contributed by atoms with E-state index in [2.05, 4.69) is 5.32 Å². The largest absolute Gasteiger partial charge is 0.456 e. The second-order valence-electron chi connectivity index (χ2n) is 7.87. The molecular formula is C26H16Cl2N2O3. The summed E-state index contributed by atoms with van der Waals surface area (Å²) in [7, 11) is 0. The molecule has 2 heterocycles. The van der Waals surface area contributed by atoms with E-state index in [0.717, 1.165) is 0 Å². The van der Waals surface area contributed by atoms with Gasteiger partial charge in [-0.05, 0) is 36.4 Å². The zero-order chi connectivity index (χ0) is 22.7. The maximum absolute atomic E-state index is 13.0. The third-order valence-electron chi connectivity index (χ3n) is 5.99. The summed E-state index contributed by atoms with van der Waals surface area (Å²) in [5, 5.41) is 4.25. The van der Waals surface area contributed by atoms with E-state index in [0.29, 0.717) is 60.9 Å². The van der Waals surface area contributed by atoms with Crippen LogP contribution in [-0.2, 0) is 10.3 Å². The fraction of sp³-hybridized carbons (Fsp3) is 0.0385. The van der Waals surface area contributed by atoms with E-state index in [1.807, 2.05) is 36.4 Å². The van der Waals surface area contributed by atoms with Gasteiger partial charge in [-0.15, -0.1) is 0 Å². The van der Waals surface area contributed by atoms with Crippen molar-refractivity contribution in [2.45, 2.75) is 5.60 Å². The highest BCUT2D eigenvalue weighted by Gasteiger charge is 2.54. The van der Waals surface area contributed by atoms with Gasteiger partial charge in [-0.3, -0.25) is 0 Å². The number of para-hydroxylation sites is 1. The second-order valence-corrected chi connectivity index (χ2v) is 8.69. The minimum absolute atomic E-state index is 0.425. The van der Waals surface area contributed by atoms with Crippen molar-refractivity contribution in [3.05, 3.63) is 111 Å². The highest BCUT2D eigenvalue weighted by atomic mass is 35.5. The molecule has 0 saturated heterocycles. The molecule has 33 heavy (non-hydrogen) atoms. The van der Waals surface area contributed by atoms with E-state index in [9.17, 15) is 4.79 Å². The predicted octanol–water partition coefficient (Wildman–Crippen LogP) is 6.89. The minimum atomic E-state index is -1.27. The van der Waals surface area contributed by atoms with E-state index < -0.39 is 11.6 Å². The van der Waals surface area contributed by atoms with E-state index in [1.165, 1.54) is 0 Å². The Balaban J connectivity index is 1.64. The Morgan fingerprint density at radius 1 is 0.788 bits per heavy atom. The molecule has 5 nitrogen and oxygen atoms in total. The van der Waals surface area contributed by atoms with Gasteiger partial charge in [0, 0.05) is 22.9 Å². The van der Waals surface area contributed by atoms with Gasteiger partial charge in [-0.25, -0.2) is 4.79 Å². The number of hydrogen-bond donors (Lipinski definition) is 2. The molecule has 162 valence electrons. The zero-order valence-electron chi connectivity index (χ0n) is 17.1. The molecule has 0 bridgehead atoms. The molecule has 3 N–H and O–H groups in total. The molecule has 0 fully saturated rings. The lowest BCUT2D eigenvalue weighted by Crippen LogP contribution is -2.34. The summed E-state index contributed by atoms with van der Waals surface area (Å²) in [4.78, 5) is 13.0. The Hall–Kier alpha value is -3.67. The van der Waals surface area contributed by atoms with Crippen LogP contribution in [0.25, 0.3) is 0 Å². The summed E-state index contributed by atoms with van der Waals surface area (Å²) >= 11 is 13.0. The molecule has 2 aliphatic heterocycles. The first-order chi connectivity index (χ1) is 16.0. The van der Waals surface area contributed by atoms with Crippen molar-refractivity contribution in [2.75, 3.05) is 11.1 Å². The van der Waals surface area contributed by atoms with Crippen molar-refractivity contribution in [1.29, 1.82) is 0 Å². The number of fused-ring (bicyclic) bond motifs is 6.